The third kappa shape index (κ3) is 5.85. The molecule has 1 aromatic carbocycles. The van der Waals surface area contributed by atoms with Crippen molar-refractivity contribution in [2.45, 2.75) is 46.3 Å². The fourth-order valence-electron chi connectivity index (χ4n) is 2.15. The maximum atomic E-state index is 13.1. The summed E-state index contributed by atoms with van der Waals surface area (Å²) < 4.78 is 18.2. The van der Waals surface area contributed by atoms with Crippen LogP contribution in [0.4, 0.5) is 9.18 Å². The highest BCUT2D eigenvalue weighted by atomic mass is 32.1. The number of aryl methyl sites for hydroxylation is 1. The van der Waals surface area contributed by atoms with Gasteiger partial charge in [0.2, 0.25) is 0 Å². The van der Waals surface area contributed by atoms with E-state index in [1.54, 1.807) is 39.8 Å². The van der Waals surface area contributed by atoms with Crippen LogP contribution in [0.25, 0.3) is 10.6 Å². The number of halogens is 1. The van der Waals surface area contributed by atoms with Gasteiger partial charge < -0.3 is 10.1 Å². The molecule has 0 spiro atoms. The first-order valence-corrected chi connectivity index (χ1v) is 9.35. The number of hydrogen-bond donors (Lipinski definition) is 2. The number of benzene rings is 1. The van der Waals surface area contributed by atoms with Crippen molar-refractivity contribution < 1.29 is 23.5 Å². The highest BCUT2D eigenvalue weighted by Crippen LogP contribution is 2.28. The minimum Gasteiger partial charge on any atom is -0.448 e. The van der Waals surface area contributed by atoms with Crippen LogP contribution in [-0.2, 0) is 9.53 Å². The molecule has 2 rings (SSSR count). The van der Waals surface area contributed by atoms with Gasteiger partial charge in [-0.15, -0.1) is 11.3 Å². The van der Waals surface area contributed by atoms with Crippen molar-refractivity contribution in [3.63, 3.8) is 0 Å². The van der Waals surface area contributed by atoms with E-state index in [2.05, 4.69) is 15.6 Å². The van der Waals surface area contributed by atoms with Crippen molar-refractivity contribution in [3.05, 3.63) is 40.7 Å². The predicted octanol–water partition coefficient (Wildman–Crippen LogP) is 3.43. The largest absolute Gasteiger partial charge is 0.448 e. The van der Waals surface area contributed by atoms with Crippen molar-refractivity contribution in [1.29, 1.82) is 0 Å². The summed E-state index contributed by atoms with van der Waals surface area (Å²) >= 11 is 1.08. The number of amides is 3. The monoisotopic (exact) mass is 407 g/mol. The maximum absolute atomic E-state index is 13.1. The highest BCUT2D eigenvalue weighted by Gasteiger charge is 2.25. The molecule has 1 atom stereocenters. The maximum Gasteiger partial charge on any atom is 0.351 e. The topological polar surface area (TPSA) is 97.4 Å². The summed E-state index contributed by atoms with van der Waals surface area (Å²) in [6, 6.07) is 5.06. The zero-order valence-electron chi connectivity index (χ0n) is 16.3. The molecule has 3 amide bonds. The van der Waals surface area contributed by atoms with Gasteiger partial charge in [-0.1, -0.05) is 0 Å². The number of imide groups is 1. The Bertz CT molecular complexity index is 888. The van der Waals surface area contributed by atoms with Crippen LogP contribution >= 0.6 is 11.3 Å². The fraction of sp³-hybridized carbons (Fsp3) is 0.368. The van der Waals surface area contributed by atoms with E-state index in [1.165, 1.54) is 19.1 Å². The molecule has 2 aromatic rings. The lowest BCUT2D eigenvalue weighted by Gasteiger charge is -2.21. The first kappa shape index (κ1) is 21.5. The third-order valence-electron chi connectivity index (χ3n) is 3.45. The van der Waals surface area contributed by atoms with E-state index < -0.39 is 29.6 Å². The van der Waals surface area contributed by atoms with Crippen LogP contribution in [0.3, 0.4) is 0 Å². The molecule has 0 aliphatic heterocycles. The molecule has 1 heterocycles. The molecular weight excluding hydrogens is 385 g/mol. The second-order valence-corrected chi connectivity index (χ2v) is 8.18. The smallest absolute Gasteiger partial charge is 0.351 e. The second-order valence-electron chi connectivity index (χ2n) is 7.18. The molecule has 0 saturated carbocycles. The van der Waals surface area contributed by atoms with Gasteiger partial charge in [-0.2, -0.15) is 0 Å². The van der Waals surface area contributed by atoms with E-state index >= 15 is 0 Å². The summed E-state index contributed by atoms with van der Waals surface area (Å²) in [7, 11) is 0. The summed E-state index contributed by atoms with van der Waals surface area (Å²) in [4.78, 5) is 40.7. The normalized spacial score (nSPS) is 12.2. The van der Waals surface area contributed by atoms with Gasteiger partial charge in [0, 0.05) is 11.1 Å². The molecular formula is C19H22FN3O4S. The molecule has 0 radical (unpaired) electrons. The van der Waals surface area contributed by atoms with E-state index in [0.717, 1.165) is 11.3 Å². The van der Waals surface area contributed by atoms with Crippen molar-refractivity contribution in [3.8, 4) is 10.6 Å². The molecule has 2 N–H and O–H groups in total. The van der Waals surface area contributed by atoms with Gasteiger partial charge in [0.15, 0.2) is 6.10 Å². The number of carbonyl (C=O) groups excluding carboxylic acids is 3. The van der Waals surface area contributed by atoms with Gasteiger partial charge in [0.25, 0.3) is 5.91 Å². The predicted molar refractivity (Wildman–Crippen MR) is 104 cm³/mol. The van der Waals surface area contributed by atoms with E-state index in [1.807, 2.05) is 0 Å². The van der Waals surface area contributed by atoms with E-state index in [9.17, 15) is 18.8 Å². The molecule has 0 aliphatic carbocycles. The number of rotatable bonds is 4. The third-order valence-corrected chi connectivity index (χ3v) is 4.64. The van der Waals surface area contributed by atoms with Crippen LogP contribution in [0.5, 0.6) is 0 Å². The summed E-state index contributed by atoms with van der Waals surface area (Å²) in [5.41, 5.74) is 0.589. The number of urea groups is 1. The van der Waals surface area contributed by atoms with E-state index in [0.29, 0.717) is 16.3 Å². The number of esters is 1. The molecule has 150 valence electrons. The lowest BCUT2D eigenvalue weighted by molar-refractivity contribution is -0.127. The van der Waals surface area contributed by atoms with Crippen LogP contribution in [-0.4, -0.2) is 34.5 Å². The van der Waals surface area contributed by atoms with Gasteiger partial charge in [0.1, 0.15) is 15.7 Å². The Balaban J connectivity index is 2.03. The summed E-state index contributed by atoms with van der Waals surface area (Å²) in [6.45, 7) is 8.32. The molecule has 7 nitrogen and oxygen atoms in total. The minimum absolute atomic E-state index is 0.234. The number of ether oxygens (including phenoxy) is 1. The van der Waals surface area contributed by atoms with Gasteiger partial charge in [-0.3, -0.25) is 10.1 Å². The molecule has 0 fully saturated rings. The van der Waals surface area contributed by atoms with E-state index in [4.69, 9.17) is 4.74 Å². The molecule has 0 saturated heterocycles. The Morgan fingerprint density at radius 3 is 2.36 bits per heavy atom. The lowest BCUT2D eigenvalue weighted by Crippen LogP contribution is -2.50. The van der Waals surface area contributed by atoms with Crippen molar-refractivity contribution in [1.82, 2.24) is 15.6 Å². The molecule has 0 bridgehead atoms. The fourth-order valence-corrected chi connectivity index (χ4v) is 3.11. The van der Waals surface area contributed by atoms with Gasteiger partial charge in [-0.25, -0.2) is 19.0 Å². The van der Waals surface area contributed by atoms with Crippen LogP contribution in [0.2, 0.25) is 0 Å². The molecule has 0 unspecified atom stereocenters. The average molecular weight is 407 g/mol. The molecule has 9 heteroatoms. The van der Waals surface area contributed by atoms with Gasteiger partial charge in [-0.05, 0) is 58.9 Å². The Hall–Kier alpha value is -2.81. The number of nitrogens with zero attached hydrogens (tertiary/aromatic N) is 1. The Kier molecular flexibility index (Phi) is 6.50. The highest BCUT2D eigenvalue weighted by molar-refractivity contribution is 7.17. The van der Waals surface area contributed by atoms with Crippen LogP contribution in [0.15, 0.2) is 24.3 Å². The first-order valence-electron chi connectivity index (χ1n) is 8.53. The van der Waals surface area contributed by atoms with Gasteiger partial charge >= 0.3 is 12.0 Å². The van der Waals surface area contributed by atoms with Crippen molar-refractivity contribution in [2.24, 2.45) is 0 Å². The summed E-state index contributed by atoms with van der Waals surface area (Å²) in [5, 5.41) is 5.24. The SMILES string of the molecule is Cc1nc(-c2ccc(F)cc2)sc1C(=O)O[C@@H](C)C(=O)NC(=O)NC(C)(C)C. The zero-order chi connectivity index (χ0) is 21.1. The van der Waals surface area contributed by atoms with Gasteiger partial charge in [0.05, 0.1) is 5.69 Å². The Morgan fingerprint density at radius 2 is 1.79 bits per heavy atom. The minimum atomic E-state index is -1.17. The van der Waals surface area contributed by atoms with Crippen LogP contribution < -0.4 is 10.6 Å². The summed E-state index contributed by atoms with van der Waals surface area (Å²) in [6.07, 6.45) is -1.17. The van der Waals surface area contributed by atoms with Crippen molar-refractivity contribution >= 4 is 29.2 Å². The first-order chi connectivity index (χ1) is 13.0. The Morgan fingerprint density at radius 1 is 1.18 bits per heavy atom. The van der Waals surface area contributed by atoms with E-state index in [-0.39, 0.29) is 10.7 Å². The summed E-state index contributed by atoms with van der Waals surface area (Å²) in [5.74, 6) is -1.83. The number of nitrogens with one attached hydrogen (secondary N) is 2. The average Bonchev–Trinajstić information content (AvgIpc) is 2.95. The second kappa shape index (κ2) is 8.47. The standard InChI is InChI=1S/C19H22FN3O4S/c1-10-14(28-16(21-10)12-6-8-13(20)9-7-12)17(25)27-11(2)15(24)22-18(26)23-19(3,4)5/h6-9,11H,1-5H3,(H2,22,23,24,26)/t11-/m0/s1. The zero-order valence-corrected chi connectivity index (χ0v) is 17.1. The number of thiazole rings is 1. The quantitative estimate of drug-likeness (QED) is 0.757. The molecule has 0 aliphatic rings. The Labute approximate surface area is 166 Å². The molecule has 1 aromatic heterocycles. The number of hydrogen-bond acceptors (Lipinski definition) is 6. The number of carbonyl (C=O) groups is 3. The molecule has 28 heavy (non-hydrogen) atoms. The number of aromatic nitrogens is 1. The van der Waals surface area contributed by atoms with Crippen molar-refractivity contribution in [2.75, 3.05) is 0 Å². The van der Waals surface area contributed by atoms with Crippen LogP contribution in [0.1, 0.15) is 43.1 Å². The lowest BCUT2D eigenvalue weighted by atomic mass is 10.1. The van der Waals surface area contributed by atoms with Crippen LogP contribution in [0, 0.1) is 12.7 Å².